The second kappa shape index (κ2) is 6.03. The van der Waals surface area contributed by atoms with Gasteiger partial charge in [-0.05, 0) is 38.3 Å². The number of carbonyl (C=O) groups excluding carboxylic acids is 1. The Balaban J connectivity index is 1.69. The molecule has 2 aromatic rings. The molecule has 112 valence electrons. The summed E-state index contributed by atoms with van der Waals surface area (Å²) in [7, 11) is 0. The molecule has 1 aliphatic rings. The first-order valence-corrected chi connectivity index (χ1v) is 7.35. The predicted molar refractivity (Wildman–Crippen MR) is 77.5 cm³/mol. The van der Waals surface area contributed by atoms with Crippen LogP contribution in [-0.2, 0) is 0 Å². The molecule has 0 saturated carbocycles. The summed E-state index contributed by atoms with van der Waals surface area (Å²) in [6.45, 7) is 2.69. The summed E-state index contributed by atoms with van der Waals surface area (Å²) >= 11 is 0. The monoisotopic (exact) mass is 288 g/mol. The van der Waals surface area contributed by atoms with Crippen LogP contribution in [0.2, 0.25) is 0 Å². The van der Waals surface area contributed by atoms with Crippen LogP contribution in [-0.4, -0.2) is 27.7 Å². The minimum absolute atomic E-state index is 0.0511. The number of aromatic nitrogens is 2. The van der Waals surface area contributed by atoms with Crippen LogP contribution in [0.3, 0.4) is 0 Å². The Morgan fingerprint density at radius 1 is 1.57 bits per heavy atom. The number of nitrogens with one attached hydrogen (secondary N) is 2. The van der Waals surface area contributed by atoms with Gasteiger partial charge in [0.25, 0.3) is 0 Å². The SMILES string of the molecule is CC(NC(=O)N1CCCCC1c1cn[nH]c1)c1ccco1. The Hall–Kier alpha value is -2.24. The molecule has 6 heteroatoms. The van der Waals surface area contributed by atoms with E-state index in [1.165, 1.54) is 0 Å². The molecule has 1 aliphatic heterocycles. The van der Waals surface area contributed by atoms with Crippen molar-refractivity contribution in [3.05, 3.63) is 42.1 Å². The second-order valence-corrected chi connectivity index (χ2v) is 5.42. The number of hydrogen-bond donors (Lipinski definition) is 2. The van der Waals surface area contributed by atoms with E-state index in [2.05, 4.69) is 15.5 Å². The molecule has 0 bridgehead atoms. The second-order valence-electron chi connectivity index (χ2n) is 5.42. The van der Waals surface area contributed by atoms with Gasteiger partial charge in [-0.25, -0.2) is 4.79 Å². The maximum Gasteiger partial charge on any atom is 0.318 e. The van der Waals surface area contributed by atoms with E-state index in [-0.39, 0.29) is 18.1 Å². The largest absolute Gasteiger partial charge is 0.467 e. The highest BCUT2D eigenvalue weighted by atomic mass is 16.3. The zero-order chi connectivity index (χ0) is 14.7. The number of likely N-dealkylation sites (tertiary alicyclic amines) is 1. The fraction of sp³-hybridized carbons (Fsp3) is 0.467. The molecule has 2 aromatic heterocycles. The van der Waals surface area contributed by atoms with Crippen molar-refractivity contribution in [3.8, 4) is 0 Å². The van der Waals surface area contributed by atoms with Crippen molar-refractivity contribution >= 4 is 6.03 Å². The van der Waals surface area contributed by atoms with Crippen LogP contribution >= 0.6 is 0 Å². The van der Waals surface area contributed by atoms with Gasteiger partial charge in [-0.3, -0.25) is 5.10 Å². The number of carbonyl (C=O) groups is 1. The van der Waals surface area contributed by atoms with Gasteiger partial charge in [0.05, 0.1) is 24.5 Å². The van der Waals surface area contributed by atoms with E-state index in [0.717, 1.165) is 37.1 Å². The molecular formula is C15H20N4O2. The first-order chi connectivity index (χ1) is 10.3. The Morgan fingerprint density at radius 2 is 2.48 bits per heavy atom. The van der Waals surface area contributed by atoms with Gasteiger partial charge in [0.2, 0.25) is 0 Å². The molecular weight excluding hydrogens is 268 g/mol. The number of nitrogens with zero attached hydrogens (tertiary/aromatic N) is 2. The summed E-state index contributed by atoms with van der Waals surface area (Å²) in [5, 5.41) is 9.83. The molecule has 0 radical (unpaired) electrons. The van der Waals surface area contributed by atoms with Crippen LogP contribution < -0.4 is 5.32 Å². The quantitative estimate of drug-likeness (QED) is 0.911. The third-order valence-electron chi connectivity index (χ3n) is 3.98. The summed E-state index contributed by atoms with van der Waals surface area (Å²) in [6.07, 6.45) is 8.43. The van der Waals surface area contributed by atoms with E-state index < -0.39 is 0 Å². The van der Waals surface area contributed by atoms with E-state index in [0.29, 0.717) is 0 Å². The highest BCUT2D eigenvalue weighted by Crippen LogP contribution is 2.30. The average Bonchev–Trinajstić information content (AvgIpc) is 3.20. The van der Waals surface area contributed by atoms with E-state index in [9.17, 15) is 4.79 Å². The minimum Gasteiger partial charge on any atom is -0.467 e. The number of piperidine rings is 1. The first kappa shape index (κ1) is 13.7. The molecule has 1 fully saturated rings. The lowest BCUT2D eigenvalue weighted by Crippen LogP contribution is -2.45. The van der Waals surface area contributed by atoms with Crippen molar-refractivity contribution in [1.82, 2.24) is 20.4 Å². The van der Waals surface area contributed by atoms with E-state index in [4.69, 9.17) is 4.42 Å². The van der Waals surface area contributed by atoms with Crippen molar-refractivity contribution < 1.29 is 9.21 Å². The lowest BCUT2D eigenvalue weighted by atomic mass is 9.98. The predicted octanol–water partition coefficient (Wildman–Crippen LogP) is 3.00. The van der Waals surface area contributed by atoms with Crippen molar-refractivity contribution in [2.75, 3.05) is 6.54 Å². The van der Waals surface area contributed by atoms with Gasteiger partial charge in [0, 0.05) is 18.3 Å². The van der Waals surface area contributed by atoms with Gasteiger partial charge >= 0.3 is 6.03 Å². The van der Waals surface area contributed by atoms with Crippen LogP contribution in [0.5, 0.6) is 0 Å². The first-order valence-electron chi connectivity index (χ1n) is 7.35. The van der Waals surface area contributed by atoms with Crippen molar-refractivity contribution in [3.63, 3.8) is 0 Å². The summed E-state index contributed by atoms with van der Waals surface area (Å²) in [5.74, 6) is 0.764. The number of amides is 2. The average molecular weight is 288 g/mol. The Labute approximate surface area is 123 Å². The third-order valence-corrected chi connectivity index (χ3v) is 3.98. The van der Waals surface area contributed by atoms with Crippen LogP contribution in [0.4, 0.5) is 4.79 Å². The fourth-order valence-corrected chi connectivity index (χ4v) is 2.84. The molecule has 2 atom stereocenters. The fourth-order valence-electron chi connectivity index (χ4n) is 2.84. The lowest BCUT2D eigenvalue weighted by molar-refractivity contribution is 0.148. The Bertz CT molecular complexity index is 565. The molecule has 2 amide bonds. The van der Waals surface area contributed by atoms with Crippen LogP contribution in [0, 0.1) is 0 Å². The van der Waals surface area contributed by atoms with Gasteiger partial charge in [-0.15, -0.1) is 0 Å². The smallest absolute Gasteiger partial charge is 0.318 e. The van der Waals surface area contributed by atoms with Gasteiger partial charge < -0.3 is 14.6 Å². The number of H-pyrrole nitrogens is 1. The lowest BCUT2D eigenvalue weighted by Gasteiger charge is -2.35. The van der Waals surface area contributed by atoms with Crippen molar-refractivity contribution in [2.45, 2.75) is 38.3 Å². The maximum atomic E-state index is 12.6. The molecule has 2 N–H and O–H groups in total. The van der Waals surface area contributed by atoms with Gasteiger partial charge in [0.1, 0.15) is 5.76 Å². The van der Waals surface area contributed by atoms with E-state index in [1.54, 1.807) is 12.5 Å². The number of hydrogen-bond acceptors (Lipinski definition) is 3. The molecule has 6 nitrogen and oxygen atoms in total. The normalized spacial score (nSPS) is 20.2. The standard InChI is InChI=1S/C15H20N4O2/c1-11(14-6-4-8-21-14)18-15(20)19-7-3-2-5-13(19)12-9-16-17-10-12/h4,6,8-11,13H,2-3,5,7H2,1H3,(H,16,17)(H,18,20). The molecule has 0 aromatic carbocycles. The van der Waals surface area contributed by atoms with Crippen LogP contribution in [0.25, 0.3) is 0 Å². The van der Waals surface area contributed by atoms with Crippen molar-refractivity contribution in [2.24, 2.45) is 0 Å². The molecule has 0 aliphatic carbocycles. The topological polar surface area (TPSA) is 74.2 Å². The Morgan fingerprint density at radius 3 is 3.19 bits per heavy atom. The highest BCUT2D eigenvalue weighted by Gasteiger charge is 2.29. The van der Waals surface area contributed by atoms with E-state index >= 15 is 0 Å². The zero-order valence-electron chi connectivity index (χ0n) is 12.1. The zero-order valence-corrected chi connectivity index (χ0v) is 12.1. The van der Waals surface area contributed by atoms with Crippen molar-refractivity contribution in [1.29, 1.82) is 0 Å². The summed E-state index contributed by atoms with van der Waals surface area (Å²) in [6, 6.07) is 3.60. The minimum atomic E-state index is -0.139. The maximum absolute atomic E-state index is 12.6. The molecule has 0 spiro atoms. The van der Waals surface area contributed by atoms with Gasteiger partial charge in [-0.2, -0.15) is 5.10 Å². The Kier molecular flexibility index (Phi) is 3.94. The number of rotatable bonds is 3. The summed E-state index contributed by atoms with van der Waals surface area (Å²) < 4.78 is 5.33. The molecule has 3 heterocycles. The van der Waals surface area contributed by atoms with Crippen LogP contribution in [0.1, 0.15) is 49.6 Å². The number of furan rings is 1. The molecule has 2 unspecified atom stereocenters. The van der Waals surface area contributed by atoms with Gasteiger partial charge in [-0.1, -0.05) is 0 Å². The highest BCUT2D eigenvalue weighted by molar-refractivity contribution is 5.75. The van der Waals surface area contributed by atoms with Crippen LogP contribution in [0.15, 0.2) is 35.2 Å². The van der Waals surface area contributed by atoms with E-state index in [1.807, 2.05) is 30.2 Å². The molecule has 1 saturated heterocycles. The van der Waals surface area contributed by atoms with Gasteiger partial charge in [0.15, 0.2) is 0 Å². The summed E-state index contributed by atoms with van der Waals surface area (Å²) in [5.41, 5.74) is 1.07. The summed E-state index contributed by atoms with van der Waals surface area (Å²) in [4.78, 5) is 14.4. The number of urea groups is 1. The molecule has 3 rings (SSSR count). The molecule has 21 heavy (non-hydrogen) atoms. The number of aromatic amines is 1. The third kappa shape index (κ3) is 2.94.